The highest BCUT2D eigenvalue weighted by atomic mass is 16.2. The summed E-state index contributed by atoms with van der Waals surface area (Å²) in [7, 11) is 5.91. The second kappa shape index (κ2) is 5.64. The molecule has 2 aliphatic heterocycles. The molecule has 21 heavy (non-hydrogen) atoms. The van der Waals surface area contributed by atoms with Crippen LogP contribution in [0.5, 0.6) is 0 Å². The molecule has 5 heteroatoms. The molecular weight excluding hydrogens is 264 g/mol. The third-order valence-electron chi connectivity index (χ3n) is 4.72. The number of carbonyl (C=O) groups is 1. The summed E-state index contributed by atoms with van der Waals surface area (Å²) in [5.41, 5.74) is 1.22. The zero-order valence-electron chi connectivity index (χ0n) is 13.1. The highest BCUT2D eigenvalue weighted by Crippen LogP contribution is 2.32. The molecular formula is C16H24N4O. The molecule has 0 unspecified atom stereocenters. The van der Waals surface area contributed by atoms with E-state index in [2.05, 4.69) is 22.0 Å². The second-order valence-electron chi connectivity index (χ2n) is 6.53. The number of anilines is 1. The van der Waals surface area contributed by atoms with Crippen LogP contribution < -0.4 is 4.90 Å². The van der Waals surface area contributed by atoms with Gasteiger partial charge >= 0.3 is 0 Å². The summed E-state index contributed by atoms with van der Waals surface area (Å²) in [6.07, 6.45) is 3.09. The molecule has 2 fully saturated rings. The van der Waals surface area contributed by atoms with Gasteiger partial charge in [0.25, 0.3) is 0 Å². The van der Waals surface area contributed by atoms with Gasteiger partial charge in [0, 0.05) is 53.5 Å². The molecule has 0 saturated carbocycles. The van der Waals surface area contributed by atoms with Gasteiger partial charge in [-0.25, -0.2) is 4.98 Å². The molecule has 0 radical (unpaired) electrons. The highest BCUT2D eigenvalue weighted by Gasteiger charge is 2.41. The summed E-state index contributed by atoms with van der Waals surface area (Å²) in [6, 6.07) is 4.19. The Labute approximate surface area is 126 Å². The van der Waals surface area contributed by atoms with Gasteiger partial charge in [-0.1, -0.05) is 6.07 Å². The average Bonchev–Trinajstić information content (AvgIpc) is 2.87. The van der Waals surface area contributed by atoms with E-state index in [1.165, 1.54) is 5.56 Å². The van der Waals surface area contributed by atoms with Gasteiger partial charge in [-0.05, 0) is 24.0 Å². The fourth-order valence-electron chi connectivity index (χ4n) is 3.45. The summed E-state index contributed by atoms with van der Waals surface area (Å²) in [5.74, 6) is 2.06. The van der Waals surface area contributed by atoms with E-state index in [4.69, 9.17) is 0 Å². The first kappa shape index (κ1) is 14.3. The van der Waals surface area contributed by atoms with Crippen molar-refractivity contribution in [1.29, 1.82) is 0 Å². The molecule has 2 saturated heterocycles. The maximum Gasteiger partial charge on any atom is 0.227 e. The molecule has 114 valence electrons. The molecule has 0 aromatic carbocycles. The maximum atomic E-state index is 12.2. The predicted octanol–water partition coefficient (Wildman–Crippen LogP) is 1.06. The molecule has 3 rings (SSSR count). The number of amides is 1. The molecule has 1 aromatic heterocycles. The SMILES string of the molecule is CN1CC[C@@H]2CN(Cc3ccc(N(C)C)nc3)C[C@@H]2C1=O. The van der Waals surface area contributed by atoms with Crippen molar-refractivity contribution in [1.82, 2.24) is 14.8 Å². The number of rotatable bonds is 3. The van der Waals surface area contributed by atoms with E-state index in [1.807, 2.05) is 37.1 Å². The standard InChI is InChI=1S/C16H24N4O/c1-18(2)15-5-4-12(8-17-15)9-20-10-13-6-7-19(3)16(21)14(13)11-20/h4-5,8,13-14H,6-7,9-11H2,1-3H3/t13-,14+/m1/s1. The number of fused-ring (bicyclic) bond motifs is 1. The Hall–Kier alpha value is -1.62. The Kier molecular flexibility index (Phi) is 3.85. The number of aromatic nitrogens is 1. The van der Waals surface area contributed by atoms with Crippen molar-refractivity contribution in [3.63, 3.8) is 0 Å². The molecule has 2 aliphatic rings. The van der Waals surface area contributed by atoms with Crippen LogP contribution in [0, 0.1) is 11.8 Å². The van der Waals surface area contributed by atoms with Gasteiger partial charge in [0.1, 0.15) is 5.82 Å². The van der Waals surface area contributed by atoms with Crippen LogP contribution >= 0.6 is 0 Å². The number of likely N-dealkylation sites (tertiary alicyclic amines) is 2. The Morgan fingerprint density at radius 1 is 1.33 bits per heavy atom. The molecule has 3 heterocycles. The Morgan fingerprint density at radius 2 is 2.14 bits per heavy atom. The van der Waals surface area contributed by atoms with Crippen molar-refractivity contribution in [3.05, 3.63) is 23.9 Å². The minimum absolute atomic E-state index is 0.206. The first-order valence-corrected chi connectivity index (χ1v) is 7.64. The largest absolute Gasteiger partial charge is 0.363 e. The van der Waals surface area contributed by atoms with Crippen molar-refractivity contribution in [2.24, 2.45) is 11.8 Å². The summed E-state index contributed by atoms with van der Waals surface area (Å²) >= 11 is 0. The first-order chi connectivity index (χ1) is 10.0. The third kappa shape index (κ3) is 2.88. The molecule has 1 aromatic rings. The number of pyridine rings is 1. The lowest BCUT2D eigenvalue weighted by Gasteiger charge is -2.30. The number of carbonyl (C=O) groups excluding carboxylic acids is 1. The highest BCUT2D eigenvalue weighted by molar-refractivity contribution is 5.80. The van der Waals surface area contributed by atoms with Crippen molar-refractivity contribution >= 4 is 11.7 Å². The molecule has 0 aliphatic carbocycles. The van der Waals surface area contributed by atoms with Crippen LogP contribution in [-0.4, -0.2) is 61.5 Å². The smallest absolute Gasteiger partial charge is 0.227 e. The van der Waals surface area contributed by atoms with Crippen LogP contribution in [0.2, 0.25) is 0 Å². The van der Waals surface area contributed by atoms with Crippen molar-refractivity contribution in [2.45, 2.75) is 13.0 Å². The molecule has 0 spiro atoms. The summed E-state index contributed by atoms with van der Waals surface area (Å²) in [5, 5.41) is 0. The number of hydrogen-bond donors (Lipinski definition) is 0. The zero-order chi connectivity index (χ0) is 15.0. The van der Waals surface area contributed by atoms with Crippen molar-refractivity contribution in [2.75, 3.05) is 45.7 Å². The van der Waals surface area contributed by atoms with Gasteiger partial charge in [0.15, 0.2) is 0 Å². The Morgan fingerprint density at radius 3 is 2.81 bits per heavy atom. The van der Waals surface area contributed by atoms with Gasteiger partial charge in [0.05, 0.1) is 5.92 Å². The fourth-order valence-corrected chi connectivity index (χ4v) is 3.45. The normalized spacial score (nSPS) is 26.0. The van der Waals surface area contributed by atoms with Crippen LogP contribution in [0.3, 0.4) is 0 Å². The number of piperidine rings is 1. The molecule has 2 atom stereocenters. The van der Waals surface area contributed by atoms with E-state index >= 15 is 0 Å². The lowest BCUT2D eigenvalue weighted by Crippen LogP contribution is -2.42. The van der Waals surface area contributed by atoms with Crippen molar-refractivity contribution < 1.29 is 4.79 Å². The average molecular weight is 288 g/mol. The zero-order valence-corrected chi connectivity index (χ0v) is 13.1. The van der Waals surface area contributed by atoms with Crippen LogP contribution in [0.25, 0.3) is 0 Å². The molecule has 0 bridgehead atoms. The summed E-state index contributed by atoms with van der Waals surface area (Å²) in [6.45, 7) is 3.74. The second-order valence-corrected chi connectivity index (χ2v) is 6.53. The Bertz CT molecular complexity index is 514. The van der Waals surface area contributed by atoms with E-state index in [0.717, 1.165) is 38.4 Å². The van der Waals surface area contributed by atoms with E-state index in [0.29, 0.717) is 11.8 Å². The van der Waals surface area contributed by atoms with E-state index < -0.39 is 0 Å². The van der Waals surface area contributed by atoms with Gasteiger partial charge in [-0.15, -0.1) is 0 Å². The summed E-state index contributed by atoms with van der Waals surface area (Å²) < 4.78 is 0. The van der Waals surface area contributed by atoms with Gasteiger partial charge < -0.3 is 9.80 Å². The van der Waals surface area contributed by atoms with Gasteiger partial charge in [-0.2, -0.15) is 0 Å². The first-order valence-electron chi connectivity index (χ1n) is 7.64. The lowest BCUT2D eigenvalue weighted by molar-refractivity contribution is -0.137. The molecule has 0 N–H and O–H groups in total. The minimum atomic E-state index is 0.206. The van der Waals surface area contributed by atoms with Gasteiger partial charge in [-0.3, -0.25) is 9.69 Å². The third-order valence-corrected chi connectivity index (χ3v) is 4.72. The minimum Gasteiger partial charge on any atom is -0.363 e. The van der Waals surface area contributed by atoms with Crippen molar-refractivity contribution in [3.8, 4) is 0 Å². The van der Waals surface area contributed by atoms with Crippen LogP contribution in [-0.2, 0) is 11.3 Å². The van der Waals surface area contributed by atoms with E-state index in [-0.39, 0.29) is 5.92 Å². The van der Waals surface area contributed by atoms with Crippen LogP contribution in [0.15, 0.2) is 18.3 Å². The topological polar surface area (TPSA) is 39.7 Å². The van der Waals surface area contributed by atoms with Crippen LogP contribution in [0.4, 0.5) is 5.82 Å². The Balaban J connectivity index is 1.63. The fraction of sp³-hybridized carbons (Fsp3) is 0.625. The van der Waals surface area contributed by atoms with Gasteiger partial charge in [0.2, 0.25) is 5.91 Å². The number of nitrogens with zero attached hydrogens (tertiary/aromatic N) is 4. The number of hydrogen-bond acceptors (Lipinski definition) is 4. The summed E-state index contributed by atoms with van der Waals surface area (Å²) in [4.78, 5) is 23.0. The predicted molar refractivity (Wildman–Crippen MR) is 83.1 cm³/mol. The lowest BCUT2D eigenvalue weighted by atomic mass is 9.88. The molecule has 1 amide bonds. The van der Waals surface area contributed by atoms with Crippen LogP contribution in [0.1, 0.15) is 12.0 Å². The maximum absolute atomic E-state index is 12.2. The molecule has 5 nitrogen and oxygen atoms in total. The monoisotopic (exact) mass is 288 g/mol. The quantitative estimate of drug-likeness (QED) is 0.834. The van der Waals surface area contributed by atoms with E-state index in [1.54, 1.807) is 0 Å². The van der Waals surface area contributed by atoms with E-state index in [9.17, 15) is 4.79 Å².